The summed E-state index contributed by atoms with van der Waals surface area (Å²) in [5.41, 5.74) is 7.12. The van der Waals surface area contributed by atoms with Gasteiger partial charge in [0.25, 0.3) is 0 Å². The number of aliphatic carboxylic acids is 1. The van der Waals surface area contributed by atoms with Crippen molar-refractivity contribution in [1.29, 1.82) is 0 Å². The Bertz CT molecular complexity index is 1790. The van der Waals surface area contributed by atoms with E-state index in [9.17, 15) is 18.0 Å². The number of carbonyl (C=O) groups is 2. The Balaban J connectivity index is 0.000000480. The highest BCUT2D eigenvalue weighted by molar-refractivity contribution is 6.10. The molecular weight excluding hydrogens is 597 g/mol. The van der Waals surface area contributed by atoms with Crippen LogP contribution in [0.25, 0.3) is 23.1 Å². The number of anilines is 1. The van der Waals surface area contributed by atoms with Gasteiger partial charge in [0.2, 0.25) is 5.91 Å². The number of halogens is 3. The van der Waals surface area contributed by atoms with Crippen molar-refractivity contribution < 1.29 is 32.6 Å². The van der Waals surface area contributed by atoms with Gasteiger partial charge in [0.1, 0.15) is 5.75 Å². The first-order valence-corrected chi connectivity index (χ1v) is 15.2. The largest absolute Gasteiger partial charge is 0.497 e. The fourth-order valence-electron chi connectivity index (χ4n) is 6.64. The van der Waals surface area contributed by atoms with Crippen molar-refractivity contribution in [3.63, 3.8) is 0 Å². The molecule has 1 saturated heterocycles. The van der Waals surface area contributed by atoms with Gasteiger partial charge in [0, 0.05) is 17.0 Å². The second-order valence-electron chi connectivity index (χ2n) is 12.3. The average molecular weight is 633 g/mol. The zero-order chi connectivity index (χ0) is 32.6. The third-order valence-electron chi connectivity index (χ3n) is 9.36. The number of aromatic nitrogens is 2. The van der Waals surface area contributed by atoms with Gasteiger partial charge < -0.3 is 20.1 Å². The van der Waals surface area contributed by atoms with E-state index in [1.54, 1.807) is 7.11 Å². The molecule has 3 aromatic carbocycles. The number of carboxylic acid groups (broad SMARTS) is 1. The van der Waals surface area contributed by atoms with Crippen molar-refractivity contribution in [2.75, 3.05) is 32.6 Å². The van der Waals surface area contributed by atoms with Gasteiger partial charge >= 0.3 is 12.1 Å². The molecule has 1 saturated carbocycles. The van der Waals surface area contributed by atoms with E-state index in [2.05, 4.69) is 82.1 Å². The molecule has 2 fully saturated rings. The van der Waals surface area contributed by atoms with Crippen molar-refractivity contribution in [3.05, 3.63) is 88.6 Å². The maximum absolute atomic E-state index is 13.0. The number of alkyl halides is 3. The van der Waals surface area contributed by atoms with Crippen molar-refractivity contribution in [2.24, 2.45) is 5.92 Å². The molecule has 4 aromatic rings. The smallest absolute Gasteiger partial charge is 0.490 e. The summed E-state index contributed by atoms with van der Waals surface area (Å²) >= 11 is 0. The summed E-state index contributed by atoms with van der Waals surface area (Å²) in [6, 6.07) is 21.2. The van der Waals surface area contributed by atoms with Crippen LogP contribution in [-0.4, -0.2) is 65.5 Å². The molecule has 7 rings (SSSR count). The van der Waals surface area contributed by atoms with Crippen LogP contribution in [0, 0.1) is 5.92 Å². The predicted octanol–water partition coefficient (Wildman–Crippen LogP) is 6.64. The minimum absolute atomic E-state index is 0.0847. The summed E-state index contributed by atoms with van der Waals surface area (Å²) < 4.78 is 37.2. The summed E-state index contributed by atoms with van der Waals surface area (Å²) in [4.78, 5) is 24.4. The number of nitrogens with one attached hydrogen (secondary N) is 2. The number of likely N-dealkylation sites (tertiary alicyclic amines) is 1. The molecule has 3 aliphatic rings. The van der Waals surface area contributed by atoms with Crippen LogP contribution in [0.2, 0.25) is 0 Å². The number of aromatic amines is 1. The normalized spacial score (nSPS) is 21.2. The summed E-state index contributed by atoms with van der Waals surface area (Å²) in [6.45, 7) is 2.43. The number of hydrogen-bond acceptors (Lipinski definition) is 5. The maximum Gasteiger partial charge on any atom is 0.490 e. The molecule has 2 aliphatic heterocycles. The lowest BCUT2D eigenvalue weighted by atomic mass is 9.90. The Labute approximate surface area is 264 Å². The number of methoxy groups -OCH3 is 1. The number of carbonyl (C=O) groups excluding carboxylic acids is 1. The topological polar surface area (TPSA) is 108 Å². The molecular formula is C35H35F3N4O4. The SMILES string of the molecule is COc1ccc2c(c1)[C@]1(C[C@H]1c1ccc3c(/C=C/c4ccc(CC5CCN(C)CC5)cc4)n[nH]c3c1)C(=O)N2.O=C(O)C(F)(F)F. The fraction of sp³-hybridized carbons (Fsp3) is 0.343. The fourth-order valence-corrected chi connectivity index (χ4v) is 6.64. The van der Waals surface area contributed by atoms with Crippen molar-refractivity contribution in [3.8, 4) is 5.75 Å². The van der Waals surface area contributed by atoms with Gasteiger partial charge in [-0.25, -0.2) is 4.79 Å². The Morgan fingerprint density at radius 1 is 1.09 bits per heavy atom. The summed E-state index contributed by atoms with van der Waals surface area (Å²) in [6.07, 6.45) is 3.69. The minimum atomic E-state index is -5.08. The zero-order valence-electron chi connectivity index (χ0n) is 25.5. The number of piperidine rings is 1. The number of benzene rings is 3. The van der Waals surface area contributed by atoms with E-state index in [-0.39, 0.29) is 11.8 Å². The lowest BCUT2D eigenvalue weighted by Gasteiger charge is -2.28. The first-order valence-electron chi connectivity index (χ1n) is 15.2. The zero-order valence-corrected chi connectivity index (χ0v) is 25.5. The van der Waals surface area contributed by atoms with Crippen LogP contribution >= 0.6 is 0 Å². The van der Waals surface area contributed by atoms with Gasteiger partial charge in [0.05, 0.1) is 23.7 Å². The second kappa shape index (κ2) is 12.3. The number of ether oxygens (including phenoxy) is 1. The number of H-pyrrole nitrogens is 1. The highest BCUT2D eigenvalue weighted by atomic mass is 19.4. The van der Waals surface area contributed by atoms with Crippen LogP contribution in [0.3, 0.4) is 0 Å². The van der Waals surface area contributed by atoms with E-state index in [0.717, 1.165) is 51.5 Å². The number of nitrogens with zero attached hydrogens (tertiary/aromatic N) is 2. The van der Waals surface area contributed by atoms with Gasteiger partial charge in [-0.1, -0.05) is 42.5 Å². The molecule has 0 unspecified atom stereocenters. The van der Waals surface area contributed by atoms with Crippen molar-refractivity contribution >= 4 is 40.6 Å². The summed E-state index contributed by atoms with van der Waals surface area (Å²) in [5.74, 6) is -0.948. The van der Waals surface area contributed by atoms with Crippen LogP contribution in [0.1, 0.15) is 53.1 Å². The Morgan fingerprint density at radius 3 is 2.48 bits per heavy atom. The first kappa shape index (κ1) is 31.3. The number of rotatable bonds is 6. The summed E-state index contributed by atoms with van der Waals surface area (Å²) in [7, 11) is 3.88. The standard InChI is InChI=1S/C33H34N4O2.C2HF3O2/c1-37-15-13-23(14-16-37)17-22-5-3-21(4-6-22)7-11-29-26-10-8-24(18-31(26)36-35-29)28-20-33(28)27-19-25(39-2)9-12-30(27)34-32(33)38;3-2(4,5)1(6)7/h3-12,18-19,23,28H,13-17,20H2,1-2H3,(H,34,38)(H,35,36);(H,6,7)/b11-7+;/t28-,33-;/m0./s1. The lowest BCUT2D eigenvalue weighted by molar-refractivity contribution is -0.192. The molecule has 46 heavy (non-hydrogen) atoms. The number of fused-ring (bicyclic) bond motifs is 3. The molecule has 3 heterocycles. The number of amides is 1. The van der Waals surface area contributed by atoms with E-state index < -0.39 is 17.6 Å². The molecule has 3 N–H and O–H groups in total. The number of hydrogen-bond donors (Lipinski definition) is 3. The Hall–Kier alpha value is -4.64. The molecule has 8 nitrogen and oxygen atoms in total. The van der Waals surface area contributed by atoms with E-state index in [1.807, 2.05) is 18.2 Å². The molecule has 0 bridgehead atoms. The first-order chi connectivity index (χ1) is 22.0. The molecule has 1 aliphatic carbocycles. The molecule has 1 amide bonds. The maximum atomic E-state index is 13.0. The van der Waals surface area contributed by atoms with Crippen LogP contribution in [-0.2, 0) is 21.4 Å². The van der Waals surface area contributed by atoms with Gasteiger partial charge in [-0.3, -0.25) is 9.89 Å². The Morgan fingerprint density at radius 2 is 1.80 bits per heavy atom. The highest BCUT2D eigenvalue weighted by Gasteiger charge is 2.65. The Kier molecular flexibility index (Phi) is 8.37. The van der Waals surface area contributed by atoms with Gasteiger partial charge in [-0.2, -0.15) is 18.3 Å². The lowest BCUT2D eigenvalue weighted by Crippen LogP contribution is -2.30. The second-order valence-corrected chi connectivity index (χ2v) is 12.3. The van der Waals surface area contributed by atoms with Crippen LogP contribution in [0.4, 0.5) is 18.9 Å². The highest BCUT2D eigenvalue weighted by Crippen LogP contribution is 2.65. The van der Waals surface area contributed by atoms with E-state index in [1.165, 1.54) is 43.5 Å². The molecule has 11 heteroatoms. The van der Waals surface area contributed by atoms with E-state index >= 15 is 0 Å². The van der Waals surface area contributed by atoms with Gasteiger partial charge in [-0.15, -0.1) is 0 Å². The van der Waals surface area contributed by atoms with E-state index in [4.69, 9.17) is 14.6 Å². The molecule has 0 radical (unpaired) electrons. The monoisotopic (exact) mass is 632 g/mol. The number of carboxylic acids is 1. The van der Waals surface area contributed by atoms with Crippen molar-refractivity contribution in [2.45, 2.75) is 43.2 Å². The van der Waals surface area contributed by atoms with Crippen LogP contribution in [0.15, 0.2) is 60.7 Å². The molecule has 1 spiro atoms. The minimum Gasteiger partial charge on any atom is -0.497 e. The van der Waals surface area contributed by atoms with Gasteiger partial charge in [-0.05, 0) is 104 Å². The predicted molar refractivity (Wildman–Crippen MR) is 170 cm³/mol. The molecule has 1 aromatic heterocycles. The van der Waals surface area contributed by atoms with Gasteiger partial charge in [0.15, 0.2) is 0 Å². The third kappa shape index (κ3) is 6.24. The third-order valence-corrected chi connectivity index (χ3v) is 9.36. The summed E-state index contributed by atoms with van der Waals surface area (Å²) in [5, 5.41) is 19.1. The quantitative estimate of drug-likeness (QED) is 0.220. The molecule has 240 valence electrons. The van der Waals surface area contributed by atoms with E-state index in [0.29, 0.717) is 0 Å². The molecule has 2 atom stereocenters. The average Bonchev–Trinajstić information content (AvgIpc) is 3.58. The van der Waals surface area contributed by atoms with Crippen LogP contribution < -0.4 is 10.1 Å². The van der Waals surface area contributed by atoms with Crippen LogP contribution in [0.5, 0.6) is 5.75 Å². The van der Waals surface area contributed by atoms with Crippen molar-refractivity contribution in [1.82, 2.24) is 15.1 Å².